The Balaban J connectivity index is 1.68. The van der Waals surface area contributed by atoms with Gasteiger partial charge < -0.3 is 10.2 Å². The van der Waals surface area contributed by atoms with E-state index in [-0.39, 0.29) is 17.9 Å². The van der Waals surface area contributed by atoms with Gasteiger partial charge in [-0.15, -0.1) is 0 Å². The minimum Gasteiger partial charge on any atom is -0.337 e. The van der Waals surface area contributed by atoms with Crippen LogP contribution in [0.25, 0.3) is 0 Å². The summed E-state index contributed by atoms with van der Waals surface area (Å²) in [5.41, 5.74) is 1.13. The van der Waals surface area contributed by atoms with Crippen molar-refractivity contribution in [2.75, 3.05) is 19.6 Å². The zero-order valence-electron chi connectivity index (χ0n) is 11.4. The molecule has 1 aromatic rings. The van der Waals surface area contributed by atoms with Crippen molar-refractivity contribution in [2.45, 2.75) is 25.3 Å². The summed E-state index contributed by atoms with van der Waals surface area (Å²) in [6, 6.07) is 5.97. The molecule has 0 radical (unpaired) electrons. The van der Waals surface area contributed by atoms with E-state index in [0.29, 0.717) is 16.0 Å². The summed E-state index contributed by atoms with van der Waals surface area (Å²) in [4.78, 5) is 14.6. The zero-order valence-corrected chi connectivity index (χ0v) is 12.9. The topological polar surface area (TPSA) is 32.3 Å². The number of carbonyl (C=O) groups excluding carboxylic acids is 1. The smallest absolute Gasteiger partial charge is 0.226 e. The van der Waals surface area contributed by atoms with E-state index in [9.17, 15) is 4.79 Å². The van der Waals surface area contributed by atoms with E-state index in [1.54, 1.807) is 0 Å². The largest absolute Gasteiger partial charge is 0.337 e. The van der Waals surface area contributed by atoms with Crippen molar-refractivity contribution in [3.05, 3.63) is 33.8 Å². The molecule has 5 heteroatoms. The minimum atomic E-state index is 0.118. The lowest BCUT2D eigenvalue weighted by Gasteiger charge is -2.34. The van der Waals surface area contributed by atoms with Gasteiger partial charge in [-0.3, -0.25) is 4.79 Å². The Morgan fingerprint density at radius 3 is 2.85 bits per heavy atom. The van der Waals surface area contributed by atoms with Gasteiger partial charge in [0, 0.05) is 31.6 Å². The van der Waals surface area contributed by atoms with Gasteiger partial charge in [-0.05, 0) is 37.0 Å². The molecule has 3 atom stereocenters. The fraction of sp³-hybridized carbons (Fsp3) is 0.533. The van der Waals surface area contributed by atoms with Gasteiger partial charge in [0.15, 0.2) is 0 Å². The molecule has 1 amide bonds. The van der Waals surface area contributed by atoms with E-state index in [1.807, 2.05) is 23.1 Å². The van der Waals surface area contributed by atoms with Crippen LogP contribution >= 0.6 is 23.2 Å². The molecule has 1 aliphatic heterocycles. The quantitative estimate of drug-likeness (QED) is 0.910. The van der Waals surface area contributed by atoms with Gasteiger partial charge in [-0.1, -0.05) is 29.3 Å². The standard InChI is InChI=1S/C15H18Cl2N2O/c1-9-8-18-4-5-19(9)15(20)12-7-11(12)10-2-3-13(16)14(17)6-10/h2-3,6,9,11-12,18H,4-5,7-8H2,1H3. The first kappa shape index (κ1) is 14.2. The van der Waals surface area contributed by atoms with Gasteiger partial charge in [0.25, 0.3) is 0 Å². The third-order valence-corrected chi connectivity index (χ3v) is 5.00. The summed E-state index contributed by atoms with van der Waals surface area (Å²) in [5, 5.41) is 4.44. The summed E-state index contributed by atoms with van der Waals surface area (Å²) in [6.45, 7) is 4.68. The van der Waals surface area contributed by atoms with Gasteiger partial charge in [0.05, 0.1) is 10.0 Å². The monoisotopic (exact) mass is 312 g/mol. The van der Waals surface area contributed by atoms with Crippen LogP contribution in [0.5, 0.6) is 0 Å². The van der Waals surface area contributed by atoms with Crippen LogP contribution in [-0.4, -0.2) is 36.5 Å². The van der Waals surface area contributed by atoms with Crippen LogP contribution in [0.4, 0.5) is 0 Å². The number of carbonyl (C=O) groups is 1. The molecule has 108 valence electrons. The van der Waals surface area contributed by atoms with Crippen molar-refractivity contribution in [2.24, 2.45) is 5.92 Å². The number of amides is 1. The highest BCUT2D eigenvalue weighted by Gasteiger charge is 2.46. The fourth-order valence-electron chi connectivity index (χ4n) is 2.96. The molecular weight excluding hydrogens is 295 g/mol. The first-order valence-corrected chi connectivity index (χ1v) is 7.79. The van der Waals surface area contributed by atoms with Crippen molar-refractivity contribution in [1.29, 1.82) is 0 Å². The Bertz CT molecular complexity index is 535. The summed E-state index contributed by atoms with van der Waals surface area (Å²) >= 11 is 12.0. The first-order chi connectivity index (χ1) is 9.58. The Morgan fingerprint density at radius 1 is 1.35 bits per heavy atom. The number of hydrogen-bond donors (Lipinski definition) is 1. The third kappa shape index (κ3) is 2.67. The van der Waals surface area contributed by atoms with Crippen LogP contribution in [0, 0.1) is 5.92 Å². The molecule has 1 heterocycles. The lowest BCUT2D eigenvalue weighted by Crippen LogP contribution is -2.52. The summed E-state index contributed by atoms with van der Waals surface area (Å²) in [5.74, 6) is 0.710. The maximum atomic E-state index is 12.5. The molecule has 2 aliphatic rings. The molecule has 3 rings (SSSR count). The molecule has 1 N–H and O–H groups in total. The van der Waals surface area contributed by atoms with Gasteiger partial charge in [0.2, 0.25) is 5.91 Å². The number of nitrogens with one attached hydrogen (secondary N) is 1. The molecule has 2 fully saturated rings. The van der Waals surface area contributed by atoms with Crippen LogP contribution < -0.4 is 5.32 Å². The van der Waals surface area contributed by atoms with Crippen LogP contribution in [-0.2, 0) is 4.79 Å². The number of halogens is 2. The maximum absolute atomic E-state index is 12.5. The number of nitrogens with zero attached hydrogens (tertiary/aromatic N) is 1. The molecule has 1 aromatic carbocycles. The Kier molecular flexibility index (Phi) is 3.93. The second kappa shape index (κ2) is 5.55. The molecule has 3 unspecified atom stereocenters. The number of benzene rings is 1. The zero-order chi connectivity index (χ0) is 14.3. The molecule has 0 spiro atoms. The van der Waals surface area contributed by atoms with Crippen molar-refractivity contribution < 1.29 is 4.79 Å². The normalized spacial score (nSPS) is 29.4. The SMILES string of the molecule is CC1CNCCN1C(=O)C1CC1c1ccc(Cl)c(Cl)c1. The van der Waals surface area contributed by atoms with Gasteiger partial charge in [0.1, 0.15) is 0 Å². The van der Waals surface area contributed by atoms with Crippen molar-refractivity contribution in [1.82, 2.24) is 10.2 Å². The first-order valence-electron chi connectivity index (χ1n) is 7.04. The lowest BCUT2D eigenvalue weighted by molar-refractivity contribution is -0.135. The number of piperazine rings is 1. The lowest BCUT2D eigenvalue weighted by atomic mass is 10.1. The second-order valence-corrected chi connectivity index (χ2v) is 6.52. The number of rotatable bonds is 2. The highest BCUT2D eigenvalue weighted by atomic mass is 35.5. The van der Waals surface area contributed by atoms with Crippen LogP contribution in [0.3, 0.4) is 0 Å². The minimum absolute atomic E-state index is 0.118. The molecular formula is C15H18Cl2N2O. The highest BCUT2D eigenvalue weighted by Crippen LogP contribution is 2.49. The Hall–Kier alpha value is -0.770. The molecule has 1 aliphatic carbocycles. The summed E-state index contributed by atoms with van der Waals surface area (Å²) in [6.07, 6.45) is 0.924. The molecule has 20 heavy (non-hydrogen) atoms. The highest BCUT2D eigenvalue weighted by molar-refractivity contribution is 6.42. The van der Waals surface area contributed by atoms with E-state index in [2.05, 4.69) is 12.2 Å². The average molecular weight is 313 g/mol. The van der Waals surface area contributed by atoms with E-state index in [4.69, 9.17) is 23.2 Å². The van der Waals surface area contributed by atoms with Gasteiger partial charge >= 0.3 is 0 Å². The Labute approximate surface area is 129 Å². The predicted molar refractivity (Wildman–Crippen MR) is 81.4 cm³/mol. The van der Waals surface area contributed by atoms with Crippen molar-refractivity contribution in [3.63, 3.8) is 0 Å². The molecule has 0 aromatic heterocycles. The predicted octanol–water partition coefficient (Wildman–Crippen LogP) is 2.92. The van der Waals surface area contributed by atoms with Crippen LogP contribution in [0.1, 0.15) is 24.8 Å². The second-order valence-electron chi connectivity index (χ2n) is 5.71. The fourth-order valence-corrected chi connectivity index (χ4v) is 3.27. The van der Waals surface area contributed by atoms with Crippen molar-refractivity contribution >= 4 is 29.1 Å². The van der Waals surface area contributed by atoms with Gasteiger partial charge in [-0.2, -0.15) is 0 Å². The number of hydrogen-bond acceptors (Lipinski definition) is 2. The van der Waals surface area contributed by atoms with E-state index in [1.165, 1.54) is 0 Å². The molecule has 1 saturated carbocycles. The average Bonchev–Trinajstić information content (AvgIpc) is 3.22. The molecule has 3 nitrogen and oxygen atoms in total. The molecule has 0 bridgehead atoms. The van der Waals surface area contributed by atoms with Crippen molar-refractivity contribution in [3.8, 4) is 0 Å². The van der Waals surface area contributed by atoms with Gasteiger partial charge in [-0.25, -0.2) is 0 Å². The third-order valence-electron chi connectivity index (χ3n) is 4.26. The molecule has 1 saturated heterocycles. The summed E-state index contributed by atoms with van der Waals surface area (Å²) < 4.78 is 0. The van der Waals surface area contributed by atoms with E-state index >= 15 is 0 Å². The van der Waals surface area contributed by atoms with E-state index in [0.717, 1.165) is 31.6 Å². The summed E-state index contributed by atoms with van der Waals surface area (Å²) in [7, 11) is 0. The Morgan fingerprint density at radius 2 is 2.15 bits per heavy atom. The van der Waals surface area contributed by atoms with E-state index < -0.39 is 0 Å². The maximum Gasteiger partial charge on any atom is 0.226 e. The van der Waals surface area contributed by atoms with Crippen LogP contribution in [0.15, 0.2) is 18.2 Å². The van der Waals surface area contributed by atoms with Crippen LogP contribution in [0.2, 0.25) is 10.0 Å².